The Labute approximate surface area is 55.2 Å². The Balaban J connectivity index is 3.48. The summed E-state index contributed by atoms with van der Waals surface area (Å²) >= 11 is 0. The smallest absolute Gasteiger partial charge is 0.314 e. The molecular formula is C6H12O3. The van der Waals surface area contributed by atoms with E-state index in [-0.39, 0.29) is 0 Å². The Hall–Kier alpha value is -0.860. The first kappa shape index (κ1) is 8.14. The zero-order valence-corrected chi connectivity index (χ0v) is 6.01. The van der Waals surface area contributed by atoms with E-state index in [2.05, 4.69) is 0 Å². The average molecular weight is 132 g/mol. The molecule has 0 radical (unpaired) electrons. The zero-order valence-electron chi connectivity index (χ0n) is 6.01. The molecule has 0 rings (SSSR count). The van der Waals surface area contributed by atoms with Crippen LogP contribution in [0.25, 0.3) is 0 Å². The Kier molecular flexibility index (Phi) is 4.78. The molecule has 0 aromatic carbocycles. The lowest BCUT2D eigenvalue weighted by Gasteiger charge is -2.02. The van der Waals surface area contributed by atoms with Gasteiger partial charge in [-0.05, 0) is 6.92 Å². The molecule has 0 aliphatic rings. The molecule has 0 saturated carbocycles. The van der Waals surface area contributed by atoms with Gasteiger partial charge in [-0.15, -0.1) is 0 Å². The van der Waals surface area contributed by atoms with E-state index < -0.39 is 0 Å². The molecule has 0 N–H and O–H groups in total. The molecule has 0 aliphatic carbocycles. The van der Waals surface area contributed by atoms with Crippen molar-refractivity contribution in [1.29, 1.82) is 0 Å². The predicted molar refractivity (Wildman–Crippen MR) is 33.7 cm³/mol. The van der Waals surface area contributed by atoms with Crippen LogP contribution in [0.5, 0.6) is 0 Å². The highest BCUT2D eigenvalue weighted by Crippen LogP contribution is 1.94. The maximum absolute atomic E-state index is 4.87. The third-order valence-corrected chi connectivity index (χ3v) is 0.749. The fourth-order valence-electron chi connectivity index (χ4n) is 0.331. The number of rotatable bonds is 4. The van der Waals surface area contributed by atoms with Crippen LogP contribution < -0.4 is 0 Å². The monoisotopic (exact) mass is 132 g/mol. The SMILES string of the molecule is CCOC=C(OC)OC. The van der Waals surface area contributed by atoms with E-state index in [1.807, 2.05) is 6.92 Å². The quantitative estimate of drug-likeness (QED) is 0.536. The fourth-order valence-corrected chi connectivity index (χ4v) is 0.331. The van der Waals surface area contributed by atoms with Crippen molar-refractivity contribution in [3.05, 3.63) is 12.2 Å². The molecule has 0 aromatic heterocycles. The highest BCUT2D eigenvalue weighted by Gasteiger charge is 1.89. The molecular weight excluding hydrogens is 120 g/mol. The van der Waals surface area contributed by atoms with Crippen LogP contribution in [0.4, 0.5) is 0 Å². The van der Waals surface area contributed by atoms with Crippen LogP contribution in [0, 0.1) is 0 Å². The van der Waals surface area contributed by atoms with E-state index in [1.165, 1.54) is 20.5 Å². The predicted octanol–water partition coefficient (Wildman–Crippen LogP) is 1.11. The van der Waals surface area contributed by atoms with Gasteiger partial charge in [-0.1, -0.05) is 0 Å². The average Bonchev–Trinajstić information content (AvgIpc) is 1.91. The van der Waals surface area contributed by atoms with Gasteiger partial charge in [0.15, 0.2) is 6.26 Å². The summed E-state index contributed by atoms with van der Waals surface area (Å²) < 4.78 is 14.3. The van der Waals surface area contributed by atoms with Gasteiger partial charge in [0, 0.05) is 0 Å². The number of methoxy groups -OCH3 is 2. The van der Waals surface area contributed by atoms with E-state index in [9.17, 15) is 0 Å². The summed E-state index contributed by atoms with van der Waals surface area (Å²) in [7, 11) is 3.04. The Bertz CT molecular complexity index is 82.3. The van der Waals surface area contributed by atoms with Gasteiger partial charge >= 0.3 is 5.95 Å². The third kappa shape index (κ3) is 3.70. The molecule has 3 heteroatoms. The highest BCUT2D eigenvalue weighted by atomic mass is 16.7. The van der Waals surface area contributed by atoms with Gasteiger partial charge in [0.2, 0.25) is 0 Å². The molecule has 0 atom stereocenters. The van der Waals surface area contributed by atoms with Crippen LogP contribution >= 0.6 is 0 Å². The first-order chi connectivity index (χ1) is 4.35. The first-order valence-corrected chi connectivity index (χ1v) is 2.74. The van der Waals surface area contributed by atoms with Crippen molar-refractivity contribution in [3.63, 3.8) is 0 Å². The molecule has 54 valence electrons. The highest BCUT2D eigenvalue weighted by molar-refractivity contribution is 4.73. The summed E-state index contributed by atoms with van der Waals surface area (Å²) in [4.78, 5) is 0. The molecule has 0 saturated heterocycles. The largest absolute Gasteiger partial charge is 0.494 e. The van der Waals surface area contributed by atoms with Crippen LogP contribution in [0.3, 0.4) is 0 Å². The maximum Gasteiger partial charge on any atom is 0.314 e. The summed E-state index contributed by atoms with van der Waals surface area (Å²) in [6.07, 6.45) is 1.43. The minimum atomic E-state index is 0.386. The molecule has 0 spiro atoms. The van der Waals surface area contributed by atoms with Crippen molar-refractivity contribution in [2.24, 2.45) is 0 Å². The lowest BCUT2D eigenvalue weighted by molar-refractivity contribution is 0.0755. The van der Waals surface area contributed by atoms with E-state index in [4.69, 9.17) is 14.2 Å². The van der Waals surface area contributed by atoms with Crippen molar-refractivity contribution in [1.82, 2.24) is 0 Å². The van der Waals surface area contributed by atoms with Gasteiger partial charge in [-0.3, -0.25) is 0 Å². The molecule has 3 nitrogen and oxygen atoms in total. The first-order valence-electron chi connectivity index (χ1n) is 2.74. The number of hydrogen-bond donors (Lipinski definition) is 0. The lowest BCUT2D eigenvalue weighted by Crippen LogP contribution is -1.91. The third-order valence-electron chi connectivity index (χ3n) is 0.749. The zero-order chi connectivity index (χ0) is 7.11. The fraction of sp³-hybridized carbons (Fsp3) is 0.667. The van der Waals surface area contributed by atoms with Gasteiger partial charge in [0.05, 0.1) is 20.8 Å². The molecule has 0 bridgehead atoms. The van der Waals surface area contributed by atoms with Gasteiger partial charge in [0.1, 0.15) is 0 Å². The minimum absolute atomic E-state index is 0.386. The van der Waals surface area contributed by atoms with E-state index in [1.54, 1.807) is 0 Å². The van der Waals surface area contributed by atoms with E-state index in [0.29, 0.717) is 12.6 Å². The second-order valence-electron chi connectivity index (χ2n) is 1.30. The Morgan fingerprint density at radius 2 is 1.89 bits per heavy atom. The van der Waals surface area contributed by atoms with Crippen LogP contribution in [-0.2, 0) is 14.2 Å². The molecule has 0 aromatic rings. The van der Waals surface area contributed by atoms with Crippen molar-refractivity contribution in [2.45, 2.75) is 6.92 Å². The minimum Gasteiger partial charge on any atom is -0.494 e. The number of ether oxygens (including phenoxy) is 3. The summed E-state index contributed by atoms with van der Waals surface area (Å²) in [5.41, 5.74) is 0. The summed E-state index contributed by atoms with van der Waals surface area (Å²) in [5, 5.41) is 0. The lowest BCUT2D eigenvalue weighted by atomic mass is 10.8. The molecule has 0 unspecified atom stereocenters. The molecule has 0 fully saturated rings. The second-order valence-corrected chi connectivity index (χ2v) is 1.30. The van der Waals surface area contributed by atoms with Crippen molar-refractivity contribution in [2.75, 3.05) is 20.8 Å². The normalized spacial score (nSPS) is 7.89. The maximum atomic E-state index is 4.87. The van der Waals surface area contributed by atoms with Gasteiger partial charge in [-0.25, -0.2) is 0 Å². The van der Waals surface area contributed by atoms with Crippen molar-refractivity contribution < 1.29 is 14.2 Å². The summed E-state index contributed by atoms with van der Waals surface area (Å²) in [5.74, 6) is 0.386. The van der Waals surface area contributed by atoms with E-state index in [0.717, 1.165) is 0 Å². The molecule has 9 heavy (non-hydrogen) atoms. The van der Waals surface area contributed by atoms with Gasteiger partial charge in [-0.2, -0.15) is 0 Å². The van der Waals surface area contributed by atoms with Crippen LogP contribution in [0.1, 0.15) is 6.92 Å². The van der Waals surface area contributed by atoms with Gasteiger partial charge < -0.3 is 14.2 Å². The van der Waals surface area contributed by atoms with Crippen LogP contribution in [0.2, 0.25) is 0 Å². The molecule has 0 amide bonds. The Morgan fingerprint density at radius 3 is 2.22 bits per heavy atom. The van der Waals surface area contributed by atoms with Crippen molar-refractivity contribution in [3.8, 4) is 0 Å². The van der Waals surface area contributed by atoms with Crippen LogP contribution in [0.15, 0.2) is 12.2 Å². The van der Waals surface area contributed by atoms with Crippen LogP contribution in [-0.4, -0.2) is 20.8 Å². The molecule has 0 aliphatic heterocycles. The summed E-state index contributed by atoms with van der Waals surface area (Å²) in [6, 6.07) is 0. The topological polar surface area (TPSA) is 27.7 Å². The summed E-state index contributed by atoms with van der Waals surface area (Å²) in [6.45, 7) is 2.51. The number of hydrogen-bond acceptors (Lipinski definition) is 3. The van der Waals surface area contributed by atoms with Gasteiger partial charge in [0.25, 0.3) is 0 Å². The Morgan fingerprint density at radius 1 is 1.33 bits per heavy atom. The van der Waals surface area contributed by atoms with Crippen molar-refractivity contribution >= 4 is 0 Å². The standard InChI is InChI=1S/C6H12O3/c1-4-9-5-6(7-2)8-3/h5H,4H2,1-3H3. The van der Waals surface area contributed by atoms with E-state index >= 15 is 0 Å². The molecule has 0 heterocycles. The second kappa shape index (κ2) is 5.28.